The lowest BCUT2D eigenvalue weighted by atomic mass is 9.60. The Morgan fingerprint density at radius 3 is 2.39 bits per heavy atom. The van der Waals surface area contributed by atoms with Gasteiger partial charge in [-0.3, -0.25) is 0 Å². The minimum Gasteiger partial charge on any atom is -0.407 e. The minimum atomic E-state index is -3.18. The van der Waals surface area contributed by atoms with Gasteiger partial charge in [-0.05, 0) is 84.9 Å². The van der Waals surface area contributed by atoms with Crippen molar-refractivity contribution in [1.29, 1.82) is 0 Å². The molecule has 6 atom stereocenters. The molecule has 3 aliphatic carbocycles. The van der Waals surface area contributed by atoms with Gasteiger partial charge >= 0.3 is 0 Å². The second kappa shape index (κ2) is 11.6. The second-order valence-corrected chi connectivity index (χ2v) is 19.7. The number of aliphatic hydroxyl groups is 1. The lowest BCUT2D eigenvalue weighted by molar-refractivity contribution is -0.0964. The van der Waals surface area contributed by atoms with Crippen LogP contribution in [0.4, 0.5) is 8.78 Å². The number of alkyl halides is 2. The van der Waals surface area contributed by atoms with Gasteiger partial charge in [-0.1, -0.05) is 92.0 Å². The summed E-state index contributed by atoms with van der Waals surface area (Å²) >= 11 is 0. The molecule has 5 heteroatoms. The van der Waals surface area contributed by atoms with Gasteiger partial charge in [0.25, 0.3) is 5.92 Å². The van der Waals surface area contributed by atoms with E-state index in [9.17, 15) is 5.11 Å². The van der Waals surface area contributed by atoms with Gasteiger partial charge in [0.1, 0.15) is 6.10 Å². The van der Waals surface area contributed by atoms with E-state index in [0.717, 1.165) is 25.2 Å². The maximum absolute atomic E-state index is 15.9. The summed E-state index contributed by atoms with van der Waals surface area (Å²) in [5, 5.41) is 10.5. The normalized spacial score (nSPS) is 35.2. The summed E-state index contributed by atoms with van der Waals surface area (Å²) in [4.78, 5) is 0. The Labute approximate surface area is 233 Å². The molecule has 0 unspecified atom stereocenters. The van der Waals surface area contributed by atoms with E-state index in [-0.39, 0.29) is 28.0 Å². The van der Waals surface area contributed by atoms with E-state index in [1.807, 2.05) is 19.2 Å². The summed E-state index contributed by atoms with van der Waals surface area (Å²) in [7, 11) is -2.44. The van der Waals surface area contributed by atoms with Gasteiger partial charge in [0.05, 0.1) is 6.10 Å². The summed E-state index contributed by atoms with van der Waals surface area (Å²) in [5.41, 5.74) is 1.56. The zero-order chi connectivity index (χ0) is 28.7. The molecule has 3 fully saturated rings. The van der Waals surface area contributed by atoms with Crippen LogP contribution in [0.3, 0.4) is 0 Å². The largest absolute Gasteiger partial charge is 0.407 e. The smallest absolute Gasteiger partial charge is 0.298 e. The van der Waals surface area contributed by atoms with Crippen molar-refractivity contribution in [3.05, 3.63) is 35.5 Å². The fourth-order valence-electron chi connectivity index (χ4n) is 7.39. The van der Waals surface area contributed by atoms with Crippen molar-refractivity contribution in [3.8, 4) is 0 Å². The van der Waals surface area contributed by atoms with Crippen LogP contribution in [-0.2, 0) is 4.43 Å². The molecule has 38 heavy (non-hydrogen) atoms. The van der Waals surface area contributed by atoms with Crippen LogP contribution >= 0.6 is 0 Å². The maximum Gasteiger partial charge on any atom is 0.298 e. The number of hydrogen-bond acceptors (Lipinski definition) is 2. The molecule has 0 spiro atoms. The predicted molar refractivity (Wildman–Crippen MR) is 159 cm³/mol. The van der Waals surface area contributed by atoms with Gasteiger partial charge in [0.2, 0.25) is 0 Å². The van der Waals surface area contributed by atoms with E-state index in [1.165, 1.54) is 37.7 Å². The molecule has 1 N–H and O–H groups in total. The summed E-state index contributed by atoms with van der Waals surface area (Å²) in [6, 6.07) is 0. The van der Waals surface area contributed by atoms with Gasteiger partial charge in [-0.15, -0.1) is 0 Å². The van der Waals surface area contributed by atoms with Gasteiger partial charge in [-0.25, -0.2) is 0 Å². The summed E-state index contributed by atoms with van der Waals surface area (Å²) in [5.74, 6) is -0.562. The van der Waals surface area contributed by atoms with Crippen molar-refractivity contribution >= 4 is 8.32 Å². The highest BCUT2D eigenvalue weighted by molar-refractivity contribution is 6.74. The lowest BCUT2D eigenvalue weighted by Gasteiger charge is -2.45. The Hall–Kier alpha value is -0.783. The quantitative estimate of drug-likeness (QED) is 0.305. The third kappa shape index (κ3) is 6.41. The van der Waals surface area contributed by atoms with E-state index in [4.69, 9.17) is 4.43 Å². The van der Waals surface area contributed by atoms with E-state index >= 15 is 8.78 Å². The van der Waals surface area contributed by atoms with E-state index in [1.54, 1.807) is 6.08 Å². The highest BCUT2D eigenvalue weighted by atomic mass is 28.4. The van der Waals surface area contributed by atoms with Gasteiger partial charge < -0.3 is 9.53 Å². The Morgan fingerprint density at radius 1 is 1.13 bits per heavy atom. The number of halogens is 2. The Kier molecular flexibility index (Phi) is 9.69. The monoisotopic (exact) mass is 550 g/mol. The molecule has 0 amide bonds. The van der Waals surface area contributed by atoms with Crippen LogP contribution in [0.5, 0.6) is 0 Å². The Bertz CT molecular complexity index is 912. The molecule has 3 saturated carbocycles. The third-order valence-corrected chi connectivity index (χ3v) is 15.3. The van der Waals surface area contributed by atoms with E-state index < -0.39 is 26.4 Å². The Balaban J connectivity index is 1.84. The van der Waals surface area contributed by atoms with Crippen molar-refractivity contribution < 1.29 is 18.3 Å². The summed E-state index contributed by atoms with van der Waals surface area (Å²) in [6.45, 7) is 23.6. The SMILES string of the molecule is C=C1/C(=C/C=C2\CCC[C@]3(C)[C@@H]([C@H](C)CCCC(C)C)CC[C@@H]23)C(F)(F)[C@@H](O[Si](C)(C)C(C)(C)C)C[C@@H]1O. The van der Waals surface area contributed by atoms with Crippen LogP contribution in [0.2, 0.25) is 18.1 Å². The van der Waals surface area contributed by atoms with Crippen molar-refractivity contribution in [2.24, 2.45) is 29.1 Å². The average molecular weight is 551 g/mol. The topological polar surface area (TPSA) is 29.5 Å². The third-order valence-electron chi connectivity index (χ3n) is 10.8. The van der Waals surface area contributed by atoms with Crippen LogP contribution in [0.1, 0.15) is 106 Å². The number of aliphatic hydroxyl groups excluding tert-OH is 1. The van der Waals surface area contributed by atoms with Crippen LogP contribution < -0.4 is 0 Å². The molecule has 0 aromatic heterocycles. The van der Waals surface area contributed by atoms with Crippen molar-refractivity contribution in [2.45, 2.75) is 143 Å². The van der Waals surface area contributed by atoms with Crippen LogP contribution in [-0.4, -0.2) is 31.6 Å². The molecule has 0 bridgehead atoms. The predicted octanol–water partition coefficient (Wildman–Crippen LogP) is 9.86. The highest BCUT2D eigenvalue weighted by Gasteiger charge is 2.54. The van der Waals surface area contributed by atoms with Crippen LogP contribution in [0.15, 0.2) is 35.5 Å². The molecule has 3 rings (SSSR count). The molecule has 0 heterocycles. The first-order valence-electron chi connectivity index (χ1n) is 15.3. The fourth-order valence-corrected chi connectivity index (χ4v) is 8.70. The molecule has 218 valence electrons. The molecule has 3 aliphatic rings. The Morgan fingerprint density at radius 2 is 1.79 bits per heavy atom. The second-order valence-electron chi connectivity index (χ2n) is 15.0. The van der Waals surface area contributed by atoms with Crippen LogP contribution in [0.25, 0.3) is 0 Å². The molecule has 0 aromatic rings. The maximum atomic E-state index is 15.9. The van der Waals surface area contributed by atoms with Gasteiger partial charge in [0.15, 0.2) is 8.32 Å². The zero-order valence-electron chi connectivity index (χ0n) is 25.8. The zero-order valence-corrected chi connectivity index (χ0v) is 26.8. The van der Waals surface area contributed by atoms with E-state index in [2.05, 4.69) is 55.0 Å². The molecule has 2 nitrogen and oxygen atoms in total. The van der Waals surface area contributed by atoms with Gasteiger partial charge in [-0.2, -0.15) is 8.78 Å². The molecular formula is C33H56F2O2Si. The van der Waals surface area contributed by atoms with Crippen molar-refractivity contribution in [1.82, 2.24) is 0 Å². The molecule has 0 saturated heterocycles. The first-order valence-corrected chi connectivity index (χ1v) is 18.2. The number of allylic oxidation sites excluding steroid dienone is 3. The first-order chi connectivity index (χ1) is 17.4. The van der Waals surface area contributed by atoms with Crippen molar-refractivity contribution in [3.63, 3.8) is 0 Å². The standard InChI is InChI=1S/C33H56F2O2Si/c1-22(2)13-11-14-23(3)26-18-19-28-25(15-12-20-32(26,28)8)16-17-27-24(4)29(36)21-30(33(27,34)35)37-38(9,10)31(5,6)7/h16-17,22-23,26,28-30,36H,4,11-15,18-21H2,1-3,5-10H3/b25-16+,27-17-/t23-,26-,28+,29+,30+,32-/m1/s1. The number of rotatable bonds is 8. The summed E-state index contributed by atoms with van der Waals surface area (Å²) in [6.07, 6.45) is 10.7. The van der Waals surface area contributed by atoms with Gasteiger partial charge in [0, 0.05) is 12.0 Å². The van der Waals surface area contributed by atoms with E-state index in [0.29, 0.717) is 17.8 Å². The molecule has 0 aliphatic heterocycles. The molecular weight excluding hydrogens is 494 g/mol. The average Bonchev–Trinajstić information content (AvgIpc) is 3.14. The molecule has 0 aromatic carbocycles. The number of hydrogen-bond donors (Lipinski definition) is 1. The summed E-state index contributed by atoms with van der Waals surface area (Å²) < 4.78 is 38.1. The minimum absolute atomic E-state index is 0.108. The van der Waals surface area contributed by atoms with Crippen LogP contribution in [0, 0.1) is 29.1 Å². The highest BCUT2D eigenvalue weighted by Crippen LogP contribution is 2.60. The molecule has 0 radical (unpaired) electrons. The fraction of sp³-hybridized carbons (Fsp3) is 0.818. The van der Waals surface area contributed by atoms with Crippen molar-refractivity contribution in [2.75, 3.05) is 0 Å². The lowest BCUT2D eigenvalue weighted by Crippen LogP contribution is -2.53. The number of fused-ring (bicyclic) bond motifs is 1. The first kappa shape index (κ1) is 31.7.